The highest BCUT2D eigenvalue weighted by Gasteiger charge is 2.16. The average Bonchev–Trinajstić information content (AvgIpc) is 2.63. The first-order valence-electron chi connectivity index (χ1n) is 9.59. The van der Waals surface area contributed by atoms with Gasteiger partial charge in [0.05, 0.1) is 11.4 Å². The zero-order valence-corrected chi connectivity index (χ0v) is 17.3. The fourth-order valence-corrected chi connectivity index (χ4v) is 3.13. The van der Waals surface area contributed by atoms with Crippen LogP contribution in [0.4, 0.5) is 11.4 Å². The monoisotopic (exact) mass is 365 g/mol. The smallest absolute Gasteiger partial charge is 0.245 e. The third-order valence-corrected chi connectivity index (χ3v) is 4.59. The van der Waals surface area contributed by atoms with Gasteiger partial charge in [-0.1, -0.05) is 31.5 Å². The molecular formula is C23H31N3O. The Bertz CT molecular complexity index is 837. The summed E-state index contributed by atoms with van der Waals surface area (Å²) in [5.74, 6) is 1.23. The zero-order valence-electron chi connectivity index (χ0n) is 17.3. The second-order valence-corrected chi connectivity index (χ2v) is 6.90. The van der Waals surface area contributed by atoms with E-state index in [2.05, 4.69) is 48.9 Å². The first-order valence-corrected chi connectivity index (χ1v) is 9.59. The van der Waals surface area contributed by atoms with E-state index >= 15 is 0 Å². The molecule has 0 amide bonds. The molecule has 0 bridgehead atoms. The minimum Gasteiger partial charge on any atom is -0.436 e. The van der Waals surface area contributed by atoms with Crippen LogP contribution in [-0.2, 0) is 0 Å². The zero-order chi connectivity index (χ0) is 20.0. The number of nitrogens with one attached hydrogen (secondary N) is 1. The number of pyridine rings is 1. The number of aromatic nitrogens is 1. The molecule has 0 spiro atoms. The molecule has 1 aromatic carbocycles. The number of ether oxygens (including phenoxy) is 1. The van der Waals surface area contributed by atoms with E-state index < -0.39 is 0 Å². The van der Waals surface area contributed by atoms with Crippen LogP contribution in [0, 0.1) is 20.8 Å². The molecule has 0 unspecified atom stereocenters. The van der Waals surface area contributed by atoms with E-state index in [-0.39, 0.29) is 0 Å². The van der Waals surface area contributed by atoms with Crippen LogP contribution in [-0.4, -0.2) is 11.0 Å². The molecule has 0 saturated heterocycles. The molecule has 0 aliphatic heterocycles. The van der Waals surface area contributed by atoms with Gasteiger partial charge in [0, 0.05) is 12.1 Å². The molecule has 0 aliphatic carbocycles. The quantitative estimate of drug-likeness (QED) is 0.576. The molecule has 0 aliphatic rings. The molecule has 27 heavy (non-hydrogen) atoms. The molecule has 1 aromatic heterocycles. The molecule has 4 nitrogen and oxygen atoms in total. The number of nitrogens with zero attached hydrogens (tertiary/aromatic N) is 1. The first-order chi connectivity index (χ1) is 12.9. The lowest BCUT2D eigenvalue weighted by Crippen LogP contribution is -2.18. The van der Waals surface area contributed by atoms with Crippen molar-refractivity contribution >= 4 is 17.5 Å². The van der Waals surface area contributed by atoms with Gasteiger partial charge in [-0.25, -0.2) is 4.98 Å². The summed E-state index contributed by atoms with van der Waals surface area (Å²) < 4.78 is 6.20. The van der Waals surface area contributed by atoms with Crippen LogP contribution in [0.5, 0.6) is 11.6 Å². The third-order valence-electron chi connectivity index (χ3n) is 4.59. The van der Waals surface area contributed by atoms with Gasteiger partial charge >= 0.3 is 0 Å². The van der Waals surface area contributed by atoms with Crippen LogP contribution in [0.2, 0.25) is 0 Å². The molecular weight excluding hydrogens is 334 g/mol. The number of nitrogens with two attached hydrogens (primary N) is 1. The minimum absolute atomic E-state index is 0.351. The number of hydrogen-bond donors (Lipinski definition) is 2. The number of hydrogen-bond acceptors (Lipinski definition) is 4. The average molecular weight is 366 g/mol. The van der Waals surface area contributed by atoms with E-state index in [1.165, 1.54) is 5.56 Å². The summed E-state index contributed by atoms with van der Waals surface area (Å²) in [4.78, 5) is 4.60. The normalized spacial score (nSPS) is 10.5. The number of rotatable bonds is 7. The van der Waals surface area contributed by atoms with Crippen molar-refractivity contribution in [1.29, 1.82) is 0 Å². The van der Waals surface area contributed by atoms with Gasteiger partial charge in [0.2, 0.25) is 5.88 Å². The van der Waals surface area contributed by atoms with E-state index in [9.17, 15) is 0 Å². The molecule has 144 valence electrons. The largest absolute Gasteiger partial charge is 0.436 e. The van der Waals surface area contributed by atoms with Crippen molar-refractivity contribution in [2.24, 2.45) is 0 Å². The highest BCUT2D eigenvalue weighted by Crippen LogP contribution is 2.36. The van der Waals surface area contributed by atoms with Crippen molar-refractivity contribution < 1.29 is 4.74 Å². The topological polar surface area (TPSA) is 60.2 Å². The SMILES string of the molecule is CC=C=Cc1cc(NC(CC)CC)c(N)c(Oc2c(C)cc(C)cc2C)n1. The molecule has 4 heteroatoms. The van der Waals surface area contributed by atoms with Crippen molar-refractivity contribution in [3.63, 3.8) is 0 Å². The Kier molecular flexibility index (Phi) is 7.09. The van der Waals surface area contributed by atoms with Gasteiger partial charge in [0.15, 0.2) is 0 Å². The van der Waals surface area contributed by atoms with Crippen LogP contribution in [0.1, 0.15) is 56.0 Å². The van der Waals surface area contributed by atoms with Crippen LogP contribution >= 0.6 is 0 Å². The minimum atomic E-state index is 0.351. The summed E-state index contributed by atoms with van der Waals surface area (Å²) in [6.45, 7) is 12.4. The summed E-state index contributed by atoms with van der Waals surface area (Å²) in [5.41, 5.74) is 15.0. The van der Waals surface area contributed by atoms with E-state index in [1.807, 2.05) is 39.0 Å². The predicted octanol–water partition coefficient (Wildman–Crippen LogP) is 6.17. The molecule has 1 heterocycles. The molecule has 3 N–H and O–H groups in total. The Labute approximate surface area is 163 Å². The first kappa shape index (κ1) is 20.6. The van der Waals surface area contributed by atoms with Gasteiger partial charge in [-0.2, -0.15) is 0 Å². The Hall–Kier alpha value is -2.71. The van der Waals surface area contributed by atoms with E-state index in [0.29, 0.717) is 17.6 Å². The molecule has 2 aromatic rings. The summed E-state index contributed by atoms with van der Waals surface area (Å²) in [5, 5.41) is 3.53. The fraction of sp³-hybridized carbons (Fsp3) is 0.391. The van der Waals surface area contributed by atoms with E-state index in [0.717, 1.165) is 41.1 Å². The third kappa shape index (κ3) is 5.15. The fourth-order valence-electron chi connectivity index (χ4n) is 3.13. The Morgan fingerprint density at radius 3 is 2.33 bits per heavy atom. The van der Waals surface area contributed by atoms with Gasteiger partial charge in [0.1, 0.15) is 11.4 Å². The van der Waals surface area contributed by atoms with Gasteiger partial charge in [-0.15, -0.1) is 5.73 Å². The van der Waals surface area contributed by atoms with Crippen LogP contribution in [0.3, 0.4) is 0 Å². The number of anilines is 2. The maximum Gasteiger partial charge on any atom is 0.245 e. The molecule has 0 atom stereocenters. The predicted molar refractivity (Wildman–Crippen MR) is 116 cm³/mol. The van der Waals surface area contributed by atoms with E-state index in [4.69, 9.17) is 10.5 Å². The van der Waals surface area contributed by atoms with Crippen LogP contribution in [0.15, 0.2) is 30.0 Å². The Balaban J connectivity index is 2.52. The number of allylic oxidation sites excluding steroid dienone is 1. The summed E-state index contributed by atoms with van der Waals surface area (Å²) >= 11 is 0. The summed E-state index contributed by atoms with van der Waals surface area (Å²) in [6, 6.07) is 6.51. The van der Waals surface area contributed by atoms with Crippen molar-refractivity contribution in [1.82, 2.24) is 4.98 Å². The van der Waals surface area contributed by atoms with Crippen molar-refractivity contribution in [2.75, 3.05) is 11.1 Å². The lowest BCUT2D eigenvalue weighted by atomic mass is 10.1. The molecule has 0 radical (unpaired) electrons. The van der Waals surface area contributed by atoms with Gasteiger partial charge in [0.25, 0.3) is 0 Å². The second kappa shape index (κ2) is 9.29. The highest BCUT2D eigenvalue weighted by molar-refractivity contribution is 5.74. The Morgan fingerprint density at radius 1 is 1.15 bits per heavy atom. The summed E-state index contributed by atoms with van der Waals surface area (Å²) in [7, 11) is 0. The number of benzene rings is 1. The Morgan fingerprint density at radius 2 is 1.78 bits per heavy atom. The molecule has 0 saturated carbocycles. The molecule has 2 rings (SSSR count). The van der Waals surface area contributed by atoms with Crippen molar-refractivity contribution in [3.8, 4) is 11.6 Å². The van der Waals surface area contributed by atoms with Gasteiger partial charge < -0.3 is 15.8 Å². The highest BCUT2D eigenvalue weighted by atomic mass is 16.5. The van der Waals surface area contributed by atoms with Crippen LogP contribution < -0.4 is 15.8 Å². The lowest BCUT2D eigenvalue weighted by Gasteiger charge is -2.20. The van der Waals surface area contributed by atoms with Gasteiger partial charge in [-0.3, -0.25) is 0 Å². The number of nitrogen functional groups attached to an aromatic ring is 1. The standard InChI is InChI=1S/C23H31N3O/c1-7-10-11-19-14-20(25-18(8-2)9-3)21(24)23(26-19)27-22-16(5)12-15(4)13-17(22)6/h7,11-14,18H,8-9,24H2,1-6H3,(H,25,26). The van der Waals surface area contributed by atoms with Crippen molar-refractivity contribution in [2.45, 2.75) is 60.4 Å². The maximum absolute atomic E-state index is 6.42. The second-order valence-electron chi connectivity index (χ2n) is 6.90. The number of aryl methyl sites for hydroxylation is 3. The summed E-state index contributed by atoms with van der Waals surface area (Å²) in [6.07, 6.45) is 5.72. The maximum atomic E-state index is 6.42. The molecule has 0 fully saturated rings. The van der Waals surface area contributed by atoms with Gasteiger partial charge in [-0.05, 0) is 63.8 Å². The van der Waals surface area contributed by atoms with E-state index in [1.54, 1.807) is 0 Å². The van der Waals surface area contributed by atoms with Crippen molar-refractivity contribution in [3.05, 3.63) is 52.4 Å². The lowest BCUT2D eigenvalue weighted by molar-refractivity contribution is 0.458. The van der Waals surface area contributed by atoms with Crippen LogP contribution in [0.25, 0.3) is 6.08 Å².